The maximum absolute atomic E-state index is 6.30. The maximum atomic E-state index is 6.30. The molecule has 0 aliphatic rings. The molecule has 3 aromatic heterocycles. The fourth-order valence-corrected chi connectivity index (χ4v) is 6.09. The number of nitrogens with zero attached hydrogens (tertiary/aromatic N) is 4. The van der Waals surface area contributed by atoms with Crippen molar-refractivity contribution in [2.45, 2.75) is 22.5 Å². The van der Waals surface area contributed by atoms with Gasteiger partial charge in [0.15, 0.2) is 15.3 Å². The van der Waals surface area contributed by atoms with E-state index in [4.69, 9.17) is 16.6 Å². The van der Waals surface area contributed by atoms with Gasteiger partial charge in [0.1, 0.15) is 5.52 Å². The van der Waals surface area contributed by atoms with E-state index in [1.54, 1.807) is 34.4 Å². The Balaban J connectivity index is 1.49. The zero-order valence-corrected chi connectivity index (χ0v) is 18.4. The molecular formula is C21H15ClN4S3. The molecule has 0 spiro atoms. The van der Waals surface area contributed by atoms with E-state index in [1.165, 1.54) is 5.56 Å². The minimum atomic E-state index is 0.676. The molecule has 29 heavy (non-hydrogen) atoms. The van der Waals surface area contributed by atoms with Crippen LogP contribution in [0.15, 0.2) is 75.5 Å². The van der Waals surface area contributed by atoms with Gasteiger partial charge < -0.3 is 4.57 Å². The van der Waals surface area contributed by atoms with E-state index in [0.29, 0.717) is 5.02 Å². The zero-order valence-electron chi connectivity index (χ0n) is 15.2. The van der Waals surface area contributed by atoms with Crippen molar-refractivity contribution in [1.82, 2.24) is 19.7 Å². The van der Waals surface area contributed by atoms with Crippen LogP contribution < -0.4 is 0 Å². The van der Waals surface area contributed by atoms with Crippen LogP contribution in [-0.2, 0) is 13.0 Å². The van der Waals surface area contributed by atoms with Gasteiger partial charge >= 0.3 is 0 Å². The predicted molar refractivity (Wildman–Crippen MR) is 122 cm³/mol. The lowest BCUT2D eigenvalue weighted by Gasteiger charge is -2.09. The highest BCUT2D eigenvalue weighted by atomic mass is 35.5. The zero-order chi connectivity index (χ0) is 19.6. The van der Waals surface area contributed by atoms with Crippen LogP contribution in [0.1, 0.15) is 5.56 Å². The fourth-order valence-electron chi connectivity index (χ4n) is 3.06. The summed E-state index contributed by atoms with van der Waals surface area (Å²) in [6.07, 6.45) is 0.913. The number of benzene rings is 2. The number of hydrogen-bond donors (Lipinski definition) is 0. The van der Waals surface area contributed by atoms with Crippen molar-refractivity contribution in [2.75, 3.05) is 0 Å². The molecule has 0 bridgehead atoms. The van der Waals surface area contributed by atoms with Crippen molar-refractivity contribution in [3.8, 4) is 10.7 Å². The summed E-state index contributed by atoms with van der Waals surface area (Å²) in [6, 6.07) is 20.5. The van der Waals surface area contributed by atoms with Gasteiger partial charge in [0.05, 0.1) is 14.6 Å². The van der Waals surface area contributed by atoms with Gasteiger partial charge in [0.2, 0.25) is 0 Å². The molecule has 0 saturated carbocycles. The van der Waals surface area contributed by atoms with Crippen LogP contribution in [0.25, 0.3) is 20.9 Å². The summed E-state index contributed by atoms with van der Waals surface area (Å²) < 4.78 is 4.19. The average molecular weight is 455 g/mol. The molecule has 8 heteroatoms. The summed E-state index contributed by atoms with van der Waals surface area (Å²) in [6.45, 7) is 0.804. The molecule has 0 atom stereocenters. The van der Waals surface area contributed by atoms with Crippen molar-refractivity contribution in [2.24, 2.45) is 0 Å². The van der Waals surface area contributed by atoms with E-state index in [2.05, 4.69) is 50.5 Å². The Morgan fingerprint density at radius 3 is 2.66 bits per heavy atom. The Bertz CT molecular complexity index is 1250. The van der Waals surface area contributed by atoms with E-state index < -0.39 is 0 Å². The van der Waals surface area contributed by atoms with Crippen LogP contribution in [0, 0.1) is 0 Å². The third-order valence-corrected chi connectivity index (χ3v) is 7.69. The van der Waals surface area contributed by atoms with Crippen LogP contribution in [0.4, 0.5) is 0 Å². The molecule has 0 aliphatic heterocycles. The van der Waals surface area contributed by atoms with E-state index in [1.807, 2.05) is 30.3 Å². The maximum Gasteiger partial charge on any atom is 0.198 e. The van der Waals surface area contributed by atoms with Gasteiger partial charge in [-0.15, -0.1) is 32.9 Å². The first-order valence-electron chi connectivity index (χ1n) is 9.02. The SMILES string of the molecule is Clc1cccc2sc(Sc3nnc(-c4cccs4)n3CCc3ccccc3)nc12. The highest BCUT2D eigenvalue weighted by molar-refractivity contribution is 8.01. The first kappa shape index (κ1) is 18.8. The molecule has 0 amide bonds. The van der Waals surface area contributed by atoms with Crippen LogP contribution in [0.5, 0.6) is 0 Å². The molecule has 0 saturated heterocycles. The summed E-state index contributed by atoms with van der Waals surface area (Å²) in [5, 5.41) is 12.6. The second kappa shape index (κ2) is 8.28. The van der Waals surface area contributed by atoms with Crippen molar-refractivity contribution >= 4 is 56.3 Å². The topological polar surface area (TPSA) is 43.6 Å². The highest BCUT2D eigenvalue weighted by Gasteiger charge is 2.18. The normalized spacial score (nSPS) is 11.3. The summed E-state index contributed by atoms with van der Waals surface area (Å²) in [7, 11) is 0. The quantitative estimate of drug-likeness (QED) is 0.287. The Kier molecular flexibility index (Phi) is 5.37. The van der Waals surface area contributed by atoms with Crippen molar-refractivity contribution in [1.29, 1.82) is 0 Å². The van der Waals surface area contributed by atoms with Crippen LogP contribution in [0.2, 0.25) is 5.02 Å². The Morgan fingerprint density at radius 1 is 0.966 bits per heavy atom. The number of aryl methyl sites for hydroxylation is 1. The minimum absolute atomic E-state index is 0.676. The van der Waals surface area contributed by atoms with Crippen LogP contribution >= 0.6 is 46.0 Å². The predicted octanol–water partition coefficient (Wildman–Crippen LogP) is 6.66. The molecule has 0 aliphatic carbocycles. The number of thiazole rings is 1. The van der Waals surface area contributed by atoms with Gasteiger partial charge in [0.25, 0.3) is 0 Å². The number of rotatable bonds is 6. The fraction of sp³-hybridized carbons (Fsp3) is 0.0952. The molecule has 144 valence electrons. The number of fused-ring (bicyclic) bond motifs is 1. The highest BCUT2D eigenvalue weighted by Crippen LogP contribution is 2.37. The third kappa shape index (κ3) is 3.96. The van der Waals surface area contributed by atoms with Gasteiger partial charge in [-0.1, -0.05) is 54.1 Å². The van der Waals surface area contributed by atoms with Crippen LogP contribution in [-0.4, -0.2) is 19.7 Å². The number of halogens is 1. The monoisotopic (exact) mass is 454 g/mol. The van der Waals surface area contributed by atoms with Gasteiger partial charge in [-0.05, 0) is 47.3 Å². The van der Waals surface area contributed by atoms with Crippen molar-refractivity contribution < 1.29 is 0 Å². The Labute approximate surface area is 185 Å². The Morgan fingerprint density at radius 2 is 1.86 bits per heavy atom. The lowest BCUT2D eigenvalue weighted by molar-refractivity contribution is 0.640. The molecule has 0 unspecified atom stereocenters. The first-order valence-corrected chi connectivity index (χ1v) is 11.9. The van der Waals surface area contributed by atoms with E-state index in [9.17, 15) is 0 Å². The molecule has 5 rings (SSSR count). The Hall–Kier alpha value is -2.19. The number of thiophene rings is 1. The van der Waals surface area contributed by atoms with Crippen LogP contribution in [0.3, 0.4) is 0 Å². The van der Waals surface area contributed by atoms with Crippen molar-refractivity contribution in [3.63, 3.8) is 0 Å². The molecule has 2 aromatic carbocycles. The molecule has 5 aromatic rings. The first-order chi connectivity index (χ1) is 14.3. The standard InChI is InChI=1S/C21H15ClN4S3/c22-15-8-4-9-16-18(15)23-21(28-16)29-20-25-24-19(17-10-5-13-27-17)26(20)12-11-14-6-2-1-3-7-14/h1-10,13H,11-12H2. The van der Waals surface area contributed by atoms with E-state index in [0.717, 1.165) is 43.4 Å². The lowest BCUT2D eigenvalue weighted by Crippen LogP contribution is -2.04. The second-order valence-corrected chi connectivity index (χ2v) is 9.94. The third-order valence-electron chi connectivity index (χ3n) is 4.45. The summed E-state index contributed by atoms with van der Waals surface area (Å²) in [4.78, 5) is 5.83. The molecule has 0 radical (unpaired) electrons. The molecular weight excluding hydrogens is 440 g/mol. The second-order valence-electron chi connectivity index (χ2n) is 6.34. The smallest absolute Gasteiger partial charge is 0.198 e. The summed E-state index contributed by atoms with van der Waals surface area (Å²) in [5.41, 5.74) is 2.14. The number of hydrogen-bond acceptors (Lipinski definition) is 6. The molecule has 0 N–H and O–H groups in total. The largest absolute Gasteiger partial charge is 0.301 e. The number of para-hydroxylation sites is 1. The minimum Gasteiger partial charge on any atom is -0.301 e. The van der Waals surface area contributed by atoms with Gasteiger partial charge in [-0.2, -0.15) is 0 Å². The van der Waals surface area contributed by atoms with Gasteiger partial charge in [-0.3, -0.25) is 0 Å². The number of aromatic nitrogens is 4. The average Bonchev–Trinajstić information content (AvgIpc) is 3.47. The lowest BCUT2D eigenvalue weighted by atomic mass is 10.1. The van der Waals surface area contributed by atoms with Gasteiger partial charge in [0, 0.05) is 6.54 Å². The van der Waals surface area contributed by atoms with E-state index in [-0.39, 0.29) is 0 Å². The summed E-state index contributed by atoms with van der Waals surface area (Å²) in [5.74, 6) is 0.901. The molecule has 0 fully saturated rings. The van der Waals surface area contributed by atoms with Crippen molar-refractivity contribution in [3.05, 3.63) is 76.6 Å². The molecule has 4 nitrogen and oxygen atoms in total. The van der Waals surface area contributed by atoms with E-state index >= 15 is 0 Å². The molecule has 3 heterocycles. The summed E-state index contributed by atoms with van der Waals surface area (Å²) >= 11 is 11.1. The van der Waals surface area contributed by atoms with Gasteiger partial charge in [-0.25, -0.2) is 4.98 Å².